The number of aromatic nitrogens is 4. The van der Waals surface area contributed by atoms with Crippen molar-refractivity contribution >= 4 is 0 Å². The maximum absolute atomic E-state index is 5.76. The summed E-state index contributed by atoms with van der Waals surface area (Å²) >= 11 is 0. The molecule has 1 saturated carbocycles. The number of methoxy groups -OCH3 is 2. The molecule has 4 rings (SSSR count). The van der Waals surface area contributed by atoms with Crippen LogP contribution in [0.15, 0.2) is 18.2 Å². The van der Waals surface area contributed by atoms with E-state index in [4.69, 9.17) is 9.47 Å². The van der Waals surface area contributed by atoms with Crippen LogP contribution in [0.2, 0.25) is 0 Å². The van der Waals surface area contributed by atoms with Crippen LogP contribution in [0.3, 0.4) is 0 Å². The molecule has 0 unspecified atom stereocenters. The van der Waals surface area contributed by atoms with Gasteiger partial charge < -0.3 is 9.47 Å². The van der Waals surface area contributed by atoms with Gasteiger partial charge in [0, 0.05) is 11.6 Å². The highest BCUT2D eigenvalue weighted by atomic mass is 16.5. The van der Waals surface area contributed by atoms with Gasteiger partial charge in [0.15, 0.2) is 5.82 Å². The molecule has 0 radical (unpaired) electrons. The molecule has 2 heterocycles. The Hall–Kier alpha value is -2.15. The van der Waals surface area contributed by atoms with E-state index in [2.05, 4.69) is 38.1 Å². The Morgan fingerprint density at radius 1 is 1.04 bits per heavy atom. The van der Waals surface area contributed by atoms with Crippen LogP contribution in [0, 0.1) is 5.92 Å². The van der Waals surface area contributed by atoms with E-state index in [-0.39, 0.29) is 6.04 Å². The molecule has 1 saturated heterocycles. The standard InChI is InChI=1S/C21H31N5O2/c1-15-10-12-25(13-11-15)20(18-9-8-17(27-2)14-19(18)28-3)21-22-23-24-26(21)16-6-4-5-7-16/h8-9,14-16,20H,4-7,10-13H2,1-3H3/t20-/m0/s1. The highest BCUT2D eigenvalue weighted by molar-refractivity contribution is 5.44. The molecule has 7 heteroatoms. The van der Waals surface area contributed by atoms with Crippen LogP contribution in [0.4, 0.5) is 0 Å². The fourth-order valence-electron chi connectivity index (χ4n) is 4.62. The van der Waals surface area contributed by atoms with Gasteiger partial charge in [0.1, 0.15) is 17.5 Å². The Balaban J connectivity index is 1.76. The molecule has 0 amide bonds. The minimum absolute atomic E-state index is 0.0102. The number of hydrogen-bond donors (Lipinski definition) is 0. The number of likely N-dealkylation sites (tertiary alicyclic amines) is 1. The van der Waals surface area contributed by atoms with E-state index < -0.39 is 0 Å². The lowest BCUT2D eigenvalue weighted by Gasteiger charge is -2.37. The highest BCUT2D eigenvalue weighted by Crippen LogP contribution is 2.39. The summed E-state index contributed by atoms with van der Waals surface area (Å²) in [6.07, 6.45) is 7.20. The minimum atomic E-state index is -0.0102. The first-order valence-electron chi connectivity index (χ1n) is 10.4. The number of rotatable bonds is 6. The van der Waals surface area contributed by atoms with Crippen molar-refractivity contribution in [3.05, 3.63) is 29.6 Å². The molecule has 1 aliphatic carbocycles. The highest BCUT2D eigenvalue weighted by Gasteiger charge is 2.34. The fourth-order valence-corrected chi connectivity index (χ4v) is 4.62. The normalized spacial score (nSPS) is 20.4. The number of benzene rings is 1. The van der Waals surface area contributed by atoms with Crippen LogP contribution in [-0.2, 0) is 0 Å². The summed E-state index contributed by atoms with van der Waals surface area (Å²) < 4.78 is 13.2. The van der Waals surface area contributed by atoms with E-state index in [1.165, 1.54) is 25.7 Å². The Labute approximate surface area is 167 Å². The SMILES string of the molecule is COc1ccc([C@@H](c2nnnn2C2CCCC2)N2CCC(C)CC2)c(OC)c1. The first-order chi connectivity index (χ1) is 13.7. The first kappa shape index (κ1) is 19.2. The Morgan fingerprint density at radius 2 is 1.79 bits per heavy atom. The van der Waals surface area contributed by atoms with E-state index in [1.54, 1.807) is 14.2 Å². The number of ether oxygens (including phenoxy) is 2. The van der Waals surface area contributed by atoms with Crippen LogP contribution in [0.1, 0.15) is 68.9 Å². The molecule has 1 aromatic carbocycles. The van der Waals surface area contributed by atoms with Crippen molar-refractivity contribution in [3.8, 4) is 11.5 Å². The third-order valence-electron chi connectivity index (χ3n) is 6.35. The second kappa shape index (κ2) is 8.47. The maximum Gasteiger partial charge on any atom is 0.173 e. The lowest BCUT2D eigenvalue weighted by atomic mass is 9.94. The summed E-state index contributed by atoms with van der Waals surface area (Å²) in [5.74, 6) is 3.32. The van der Waals surface area contributed by atoms with Crippen molar-refractivity contribution in [1.82, 2.24) is 25.1 Å². The van der Waals surface area contributed by atoms with Gasteiger partial charge in [-0.1, -0.05) is 19.8 Å². The third kappa shape index (κ3) is 3.72. The molecule has 28 heavy (non-hydrogen) atoms. The molecule has 0 N–H and O–H groups in total. The summed E-state index contributed by atoms with van der Waals surface area (Å²) in [4.78, 5) is 2.52. The second-order valence-corrected chi connectivity index (χ2v) is 8.15. The fraction of sp³-hybridized carbons (Fsp3) is 0.667. The Morgan fingerprint density at radius 3 is 2.46 bits per heavy atom. The number of tetrazole rings is 1. The van der Waals surface area contributed by atoms with Gasteiger partial charge in [0.2, 0.25) is 0 Å². The van der Waals surface area contributed by atoms with Crippen molar-refractivity contribution in [2.24, 2.45) is 5.92 Å². The topological polar surface area (TPSA) is 65.3 Å². The molecule has 0 spiro atoms. The van der Waals surface area contributed by atoms with Crippen LogP contribution < -0.4 is 9.47 Å². The zero-order valence-corrected chi connectivity index (χ0v) is 17.2. The number of piperidine rings is 1. The lowest BCUT2D eigenvalue weighted by molar-refractivity contribution is 0.146. The molecular weight excluding hydrogens is 354 g/mol. The molecule has 152 valence electrons. The van der Waals surface area contributed by atoms with Gasteiger partial charge in [-0.3, -0.25) is 4.90 Å². The van der Waals surface area contributed by atoms with Gasteiger partial charge in [-0.05, 0) is 67.3 Å². The Bertz CT molecular complexity index is 779. The second-order valence-electron chi connectivity index (χ2n) is 8.15. The Kier molecular flexibility index (Phi) is 5.80. The van der Waals surface area contributed by atoms with Gasteiger partial charge in [-0.15, -0.1) is 5.10 Å². The predicted octanol–water partition coefficient (Wildman–Crippen LogP) is 3.63. The maximum atomic E-state index is 5.76. The van der Waals surface area contributed by atoms with E-state index in [1.807, 2.05) is 12.1 Å². The van der Waals surface area contributed by atoms with Gasteiger partial charge in [0.05, 0.1) is 20.3 Å². The smallest absolute Gasteiger partial charge is 0.173 e. The summed E-state index contributed by atoms with van der Waals surface area (Å²) in [5, 5.41) is 13.0. The van der Waals surface area contributed by atoms with Crippen LogP contribution in [-0.4, -0.2) is 52.4 Å². The van der Waals surface area contributed by atoms with Crippen LogP contribution in [0.5, 0.6) is 11.5 Å². The largest absolute Gasteiger partial charge is 0.497 e. The predicted molar refractivity (Wildman–Crippen MR) is 107 cm³/mol. The van der Waals surface area contributed by atoms with Crippen molar-refractivity contribution in [1.29, 1.82) is 0 Å². The van der Waals surface area contributed by atoms with Crippen molar-refractivity contribution in [3.63, 3.8) is 0 Å². The summed E-state index contributed by atoms with van der Waals surface area (Å²) in [5.41, 5.74) is 1.10. The summed E-state index contributed by atoms with van der Waals surface area (Å²) in [6, 6.07) is 6.46. The average Bonchev–Trinajstić information content (AvgIpc) is 3.41. The zero-order chi connectivity index (χ0) is 19.5. The molecular formula is C21H31N5O2. The molecule has 2 fully saturated rings. The van der Waals surface area contributed by atoms with Crippen molar-refractivity contribution < 1.29 is 9.47 Å². The van der Waals surface area contributed by atoms with Gasteiger partial charge in [-0.2, -0.15) is 0 Å². The molecule has 0 bridgehead atoms. The lowest BCUT2D eigenvalue weighted by Crippen LogP contribution is -2.38. The minimum Gasteiger partial charge on any atom is -0.497 e. The van der Waals surface area contributed by atoms with E-state index in [0.29, 0.717) is 6.04 Å². The summed E-state index contributed by atoms with van der Waals surface area (Å²) in [7, 11) is 3.39. The molecule has 1 aromatic heterocycles. The van der Waals surface area contributed by atoms with Crippen LogP contribution in [0.25, 0.3) is 0 Å². The van der Waals surface area contributed by atoms with Crippen molar-refractivity contribution in [2.45, 2.75) is 57.5 Å². The molecule has 1 aliphatic heterocycles. The van der Waals surface area contributed by atoms with E-state index in [9.17, 15) is 0 Å². The van der Waals surface area contributed by atoms with E-state index in [0.717, 1.165) is 54.7 Å². The molecule has 1 atom stereocenters. The van der Waals surface area contributed by atoms with E-state index >= 15 is 0 Å². The quantitative estimate of drug-likeness (QED) is 0.757. The molecule has 2 aliphatic rings. The molecule has 7 nitrogen and oxygen atoms in total. The van der Waals surface area contributed by atoms with Gasteiger partial charge in [-0.25, -0.2) is 4.68 Å². The van der Waals surface area contributed by atoms with Gasteiger partial charge in [0.25, 0.3) is 0 Å². The summed E-state index contributed by atoms with van der Waals surface area (Å²) in [6.45, 7) is 4.42. The average molecular weight is 386 g/mol. The zero-order valence-electron chi connectivity index (χ0n) is 17.2. The third-order valence-corrected chi connectivity index (χ3v) is 6.35. The van der Waals surface area contributed by atoms with Gasteiger partial charge >= 0.3 is 0 Å². The monoisotopic (exact) mass is 385 g/mol. The number of hydrogen-bond acceptors (Lipinski definition) is 6. The molecule has 2 aromatic rings. The first-order valence-corrected chi connectivity index (χ1v) is 10.4. The van der Waals surface area contributed by atoms with Crippen LogP contribution >= 0.6 is 0 Å². The van der Waals surface area contributed by atoms with Crippen molar-refractivity contribution in [2.75, 3.05) is 27.3 Å². The number of nitrogens with zero attached hydrogens (tertiary/aromatic N) is 5.